The molecule has 16 heavy (non-hydrogen) atoms. The number of rotatable bonds is 4. The van der Waals surface area contributed by atoms with Gasteiger partial charge >= 0.3 is 0 Å². The molecule has 3 nitrogen and oxygen atoms in total. The van der Waals surface area contributed by atoms with Gasteiger partial charge in [-0.05, 0) is 37.5 Å². The van der Waals surface area contributed by atoms with Crippen LogP contribution in [0.4, 0.5) is 0 Å². The third kappa shape index (κ3) is 1.56. The van der Waals surface area contributed by atoms with Crippen molar-refractivity contribution in [1.82, 2.24) is 0 Å². The summed E-state index contributed by atoms with van der Waals surface area (Å²) in [6.07, 6.45) is 2.78. The second-order valence-electron chi connectivity index (χ2n) is 4.32. The third-order valence-electron chi connectivity index (χ3n) is 3.16. The summed E-state index contributed by atoms with van der Waals surface area (Å²) in [5, 5.41) is 0. The summed E-state index contributed by atoms with van der Waals surface area (Å²) in [5.41, 5.74) is 1.60. The first kappa shape index (κ1) is 11.0. The second kappa shape index (κ2) is 3.81. The van der Waals surface area contributed by atoms with Crippen LogP contribution in [0.1, 0.15) is 24.0 Å². The van der Waals surface area contributed by atoms with E-state index in [4.69, 9.17) is 9.47 Å². The Morgan fingerprint density at radius 3 is 2.00 bits per heavy atom. The van der Waals surface area contributed by atoms with Gasteiger partial charge in [0.25, 0.3) is 0 Å². The van der Waals surface area contributed by atoms with Gasteiger partial charge in [0.1, 0.15) is 17.8 Å². The van der Waals surface area contributed by atoms with Crippen LogP contribution in [0.5, 0.6) is 11.5 Å². The minimum absolute atomic E-state index is 0.371. The van der Waals surface area contributed by atoms with Crippen molar-refractivity contribution in [1.29, 1.82) is 0 Å². The van der Waals surface area contributed by atoms with Crippen LogP contribution in [0.25, 0.3) is 0 Å². The molecule has 0 unspecified atom stereocenters. The van der Waals surface area contributed by atoms with Crippen molar-refractivity contribution in [2.75, 3.05) is 14.2 Å². The highest BCUT2D eigenvalue weighted by molar-refractivity contribution is 5.77. The molecule has 0 saturated heterocycles. The highest BCUT2D eigenvalue weighted by atomic mass is 16.5. The largest absolute Gasteiger partial charge is 0.496 e. The normalized spacial score (nSPS) is 16.7. The highest BCUT2D eigenvalue weighted by Crippen LogP contribution is 2.53. The molecule has 86 valence electrons. The number of aldehydes is 1. The van der Waals surface area contributed by atoms with E-state index in [1.165, 1.54) is 0 Å². The SMILES string of the molecule is COc1cc(C)cc(OC)c1C1(C=O)CC1. The molecule has 1 aromatic rings. The van der Waals surface area contributed by atoms with E-state index in [1.807, 2.05) is 19.1 Å². The third-order valence-corrected chi connectivity index (χ3v) is 3.16. The van der Waals surface area contributed by atoms with Gasteiger partial charge in [-0.3, -0.25) is 0 Å². The number of hydrogen-bond donors (Lipinski definition) is 0. The van der Waals surface area contributed by atoms with Crippen LogP contribution in [0, 0.1) is 6.92 Å². The lowest BCUT2D eigenvalue weighted by atomic mass is 9.94. The predicted molar refractivity (Wildman–Crippen MR) is 61.3 cm³/mol. The number of ether oxygens (including phenoxy) is 2. The zero-order chi connectivity index (χ0) is 11.8. The summed E-state index contributed by atoms with van der Waals surface area (Å²) in [4.78, 5) is 11.2. The number of carbonyl (C=O) groups excluding carboxylic acids is 1. The fourth-order valence-electron chi connectivity index (χ4n) is 2.10. The van der Waals surface area contributed by atoms with Crippen LogP contribution in [0.15, 0.2) is 12.1 Å². The van der Waals surface area contributed by atoms with E-state index in [0.29, 0.717) is 0 Å². The quantitative estimate of drug-likeness (QED) is 0.730. The highest BCUT2D eigenvalue weighted by Gasteiger charge is 2.48. The van der Waals surface area contributed by atoms with Crippen molar-refractivity contribution >= 4 is 6.29 Å². The summed E-state index contributed by atoms with van der Waals surface area (Å²) in [7, 11) is 3.25. The molecule has 1 saturated carbocycles. The molecule has 0 aromatic heterocycles. The second-order valence-corrected chi connectivity index (χ2v) is 4.32. The maximum atomic E-state index is 11.2. The Balaban J connectivity index is 2.61. The molecule has 0 N–H and O–H groups in total. The van der Waals surface area contributed by atoms with Crippen molar-refractivity contribution in [3.8, 4) is 11.5 Å². The summed E-state index contributed by atoms with van der Waals surface area (Å²) in [6, 6.07) is 3.89. The maximum Gasteiger partial charge on any atom is 0.130 e. The van der Waals surface area contributed by atoms with Crippen molar-refractivity contribution in [2.45, 2.75) is 25.2 Å². The van der Waals surface area contributed by atoms with Crippen LogP contribution in [-0.4, -0.2) is 20.5 Å². The Morgan fingerprint density at radius 1 is 1.19 bits per heavy atom. The summed E-state index contributed by atoms with van der Waals surface area (Å²) in [6.45, 7) is 1.98. The van der Waals surface area contributed by atoms with E-state index in [0.717, 1.165) is 41.8 Å². The van der Waals surface area contributed by atoms with E-state index in [2.05, 4.69) is 0 Å². The first-order valence-corrected chi connectivity index (χ1v) is 5.36. The fourth-order valence-corrected chi connectivity index (χ4v) is 2.10. The van der Waals surface area contributed by atoms with Crippen LogP contribution >= 0.6 is 0 Å². The molecule has 0 atom stereocenters. The molecular formula is C13H16O3. The van der Waals surface area contributed by atoms with E-state index in [9.17, 15) is 4.79 Å². The lowest BCUT2D eigenvalue weighted by Gasteiger charge is -2.18. The summed E-state index contributed by atoms with van der Waals surface area (Å²) < 4.78 is 10.7. The van der Waals surface area contributed by atoms with Crippen molar-refractivity contribution in [3.05, 3.63) is 23.3 Å². The first-order valence-electron chi connectivity index (χ1n) is 5.36. The number of hydrogen-bond acceptors (Lipinski definition) is 3. The van der Waals surface area contributed by atoms with E-state index < -0.39 is 0 Å². The number of aryl methyl sites for hydroxylation is 1. The smallest absolute Gasteiger partial charge is 0.130 e. The Bertz CT molecular complexity index is 394. The maximum absolute atomic E-state index is 11.2. The molecule has 0 bridgehead atoms. The minimum atomic E-state index is -0.371. The molecule has 2 rings (SSSR count). The molecule has 0 radical (unpaired) electrons. The molecule has 1 aliphatic carbocycles. The van der Waals surface area contributed by atoms with E-state index in [1.54, 1.807) is 14.2 Å². The van der Waals surface area contributed by atoms with Gasteiger partial charge in [0, 0.05) is 5.56 Å². The van der Waals surface area contributed by atoms with Gasteiger partial charge in [-0.2, -0.15) is 0 Å². The molecule has 0 spiro atoms. The van der Waals surface area contributed by atoms with Crippen LogP contribution in [0.2, 0.25) is 0 Å². The zero-order valence-corrected chi connectivity index (χ0v) is 9.87. The van der Waals surface area contributed by atoms with Crippen molar-refractivity contribution in [3.63, 3.8) is 0 Å². The molecule has 1 aliphatic rings. The minimum Gasteiger partial charge on any atom is -0.496 e. The predicted octanol–water partition coefficient (Wildman–Crippen LogP) is 2.24. The lowest BCUT2D eigenvalue weighted by molar-refractivity contribution is -0.109. The monoisotopic (exact) mass is 220 g/mol. The Hall–Kier alpha value is -1.51. The zero-order valence-electron chi connectivity index (χ0n) is 9.87. The van der Waals surface area contributed by atoms with Gasteiger partial charge in [0.15, 0.2) is 0 Å². The number of methoxy groups -OCH3 is 2. The molecule has 0 aliphatic heterocycles. The van der Waals surface area contributed by atoms with Gasteiger partial charge < -0.3 is 14.3 Å². The molecular weight excluding hydrogens is 204 g/mol. The molecule has 1 aromatic carbocycles. The van der Waals surface area contributed by atoms with Gasteiger partial charge in [0.05, 0.1) is 19.6 Å². The molecule has 3 heteroatoms. The van der Waals surface area contributed by atoms with E-state index in [-0.39, 0.29) is 5.41 Å². The Labute approximate surface area is 95.4 Å². The molecule has 1 fully saturated rings. The van der Waals surface area contributed by atoms with E-state index >= 15 is 0 Å². The lowest BCUT2D eigenvalue weighted by Crippen LogP contribution is -2.12. The van der Waals surface area contributed by atoms with Crippen molar-refractivity contribution in [2.24, 2.45) is 0 Å². The number of benzene rings is 1. The number of carbonyl (C=O) groups is 1. The molecule has 0 heterocycles. The Morgan fingerprint density at radius 2 is 1.69 bits per heavy atom. The van der Waals surface area contributed by atoms with Gasteiger partial charge in [-0.1, -0.05) is 0 Å². The van der Waals surface area contributed by atoms with Crippen LogP contribution < -0.4 is 9.47 Å². The van der Waals surface area contributed by atoms with Gasteiger partial charge in [-0.15, -0.1) is 0 Å². The van der Waals surface area contributed by atoms with Crippen LogP contribution in [-0.2, 0) is 10.2 Å². The average Bonchev–Trinajstić information content (AvgIpc) is 3.08. The van der Waals surface area contributed by atoms with Gasteiger partial charge in [0.2, 0.25) is 0 Å². The topological polar surface area (TPSA) is 35.5 Å². The standard InChI is InChI=1S/C13H16O3/c1-9-6-10(15-2)12(11(7-9)16-3)13(8-14)4-5-13/h6-8H,4-5H2,1-3H3. The summed E-state index contributed by atoms with van der Waals surface area (Å²) in [5.74, 6) is 1.50. The molecule has 0 amide bonds. The summed E-state index contributed by atoms with van der Waals surface area (Å²) >= 11 is 0. The average molecular weight is 220 g/mol. The fraction of sp³-hybridized carbons (Fsp3) is 0.462. The van der Waals surface area contributed by atoms with Crippen LogP contribution in [0.3, 0.4) is 0 Å². The van der Waals surface area contributed by atoms with Gasteiger partial charge in [-0.25, -0.2) is 0 Å². The first-order chi connectivity index (χ1) is 7.66. The Kier molecular flexibility index (Phi) is 2.62. The van der Waals surface area contributed by atoms with Crippen molar-refractivity contribution < 1.29 is 14.3 Å².